The number of benzene rings is 2. The average Bonchev–Trinajstić information content (AvgIpc) is 3.63. The zero-order valence-electron chi connectivity index (χ0n) is 17.4. The van der Waals surface area contributed by atoms with E-state index in [0.29, 0.717) is 33.9 Å². The summed E-state index contributed by atoms with van der Waals surface area (Å²) in [6.45, 7) is -0.537. The van der Waals surface area contributed by atoms with Crippen LogP contribution in [-0.2, 0) is 14.3 Å². The summed E-state index contributed by atoms with van der Waals surface area (Å²) in [7, 11) is 0. The number of carbonyl (C=O) groups excluding carboxylic acids is 2. The lowest BCUT2D eigenvalue weighted by Gasteiger charge is -2.10. The van der Waals surface area contributed by atoms with Crippen LogP contribution in [0.3, 0.4) is 0 Å². The maximum absolute atomic E-state index is 13.0. The van der Waals surface area contributed by atoms with Gasteiger partial charge in [0.25, 0.3) is 5.91 Å². The molecular formula is C22H15N7O4S. The molecule has 1 amide bonds. The highest BCUT2D eigenvalue weighted by atomic mass is 32.1. The Morgan fingerprint density at radius 1 is 1.06 bits per heavy atom. The third kappa shape index (κ3) is 4.42. The SMILES string of the molecule is O=C(COC(=O)/C(=C/c1ccco1)n1nnnc1-c1ccccc1)Nc1cccc2nsnc12. The van der Waals surface area contributed by atoms with Gasteiger partial charge in [0.1, 0.15) is 16.8 Å². The molecule has 2 aromatic carbocycles. The van der Waals surface area contributed by atoms with Gasteiger partial charge in [-0.05, 0) is 34.7 Å². The second kappa shape index (κ2) is 9.42. The second-order valence-corrected chi connectivity index (χ2v) is 7.42. The molecule has 0 atom stereocenters. The van der Waals surface area contributed by atoms with Crippen molar-refractivity contribution in [2.45, 2.75) is 0 Å². The number of nitrogens with zero attached hydrogens (tertiary/aromatic N) is 6. The van der Waals surface area contributed by atoms with Crippen LogP contribution in [0, 0.1) is 0 Å². The van der Waals surface area contributed by atoms with Crippen LogP contribution in [0.1, 0.15) is 5.76 Å². The van der Waals surface area contributed by atoms with E-state index in [1.807, 2.05) is 18.2 Å². The molecule has 0 spiro atoms. The Morgan fingerprint density at radius 3 is 2.76 bits per heavy atom. The molecule has 5 rings (SSSR count). The van der Waals surface area contributed by atoms with Crippen molar-refractivity contribution in [2.24, 2.45) is 0 Å². The topological polar surface area (TPSA) is 138 Å². The van der Waals surface area contributed by atoms with Gasteiger partial charge in [-0.3, -0.25) is 4.79 Å². The van der Waals surface area contributed by atoms with E-state index < -0.39 is 18.5 Å². The van der Waals surface area contributed by atoms with Crippen molar-refractivity contribution >= 4 is 52.1 Å². The van der Waals surface area contributed by atoms with Gasteiger partial charge in [0.15, 0.2) is 18.1 Å². The van der Waals surface area contributed by atoms with Gasteiger partial charge in [0.05, 0.1) is 23.7 Å². The number of ether oxygens (including phenoxy) is 1. The smallest absolute Gasteiger partial charge is 0.357 e. The largest absolute Gasteiger partial charge is 0.465 e. The van der Waals surface area contributed by atoms with Crippen molar-refractivity contribution in [1.82, 2.24) is 29.0 Å². The summed E-state index contributed by atoms with van der Waals surface area (Å²) in [5.74, 6) is -0.646. The van der Waals surface area contributed by atoms with Crippen molar-refractivity contribution in [3.05, 3.63) is 72.7 Å². The minimum absolute atomic E-state index is 0.0302. The Morgan fingerprint density at radius 2 is 1.94 bits per heavy atom. The molecule has 0 bridgehead atoms. The molecule has 5 aromatic rings. The number of rotatable bonds is 7. The highest BCUT2D eigenvalue weighted by Crippen LogP contribution is 2.22. The predicted octanol–water partition coefficient (Wildman–Crippen LogP) is 3.12. The summed E-state index contributed by atoms with van der Waals surface area (Å²) < 4.78 is 20.2. The summed E-state index contributed by atoms with van der Waals surface area (Å²) in [5, 5.41) is 14.4. The number of carbonyl (C=O) groups is 2. The van der Waals surface area contributed by atoms with Crippen molar-refractivity contribution in [1.29, 1.82) is 0 Å². The first-order chi connectivity index (χ1) is 16.7. The molecule has 0 aliphatic heterocycles. The van der Waals surface area contributed by atoms with Crippen molar-refractivity contribution in [3.63, 3.8) is 0 Å². The molecule has 0 fully saturated rings. The number of tetrazole rings is 1. The zero-order chi connectivity index (χ0) is 23.3. The van der Waals surface area contributed by atoms with Crippen LogP contribution >= 0.6 is 11.7 Å². The van der Waals surface area contributed by atoms with Crippen LogP contribution in [0.5, 0.6) is 0 Å². The monoisotopic (exact) mass is 473 g/mol. The average molecular weight is 473 g/mol. The summed E-state index contributed by atoms with van der Waals surface area (Å²) in [4.78, 5) is 25.5. The number of fused-ring (bicyclic) bond motifs is 1. The van der Waals surface area contributed by atoms with Crippen molar-refractivity contribution < 1.29 is 18.7 Å². The minimum Gasteiger partial charge on any atom is -0.465 e. The maximum atomic E-state index is 13.0. The van der Waals surface area contributed by atoms with Gasteiger partial charge in [-0.25, -0.2) is 4.79 Å². The van der Waals surface area contributed by atoms with Crippen LogP contribution in [0.25, 0.3) is 34.2 Å². The summed E-state index contributed by atoms with van der Waals surface area (Å²) in [5.41, 5.74) is 2.36. The Hall–Kier alpha value is -4.71. The molecule has 3 heterocycles. The third-order valence-electron chi connectivity index (χ3n) is 4.66. The van der Waals surface area contributed by atoms with Crippen molar-refractivity contribution in [3.8, 4) is 11.4 Å². The van der Waals surface area contributed by atoms with Crippen LogP contribution < -0.4 is 5.32 Å². The zero-order valence-corrected chi connectivity index (χ0v) is 18.2. The number of esters is 1. The van der Waals surface area contributed by atoms with E-state index in [-0.39, 0.29) is 5.70 Å². The third-order valence-corrected chi connectivity index (χ3v) is 5.20. The highest BCUT2D eigenvalue weighted by Gasteiger charge is 2.22. The molecule has 0 saturated heterocycles. The number of hydrogen-bond acceptors (Lipinski definition) is 10. The Balaban J connectivity index is 1.37. The summed E-state index contributed by atoms with van der Waals surface area (Å²) in [6.07, 6.45) is 2.90. The van der Waals surface area contributed by atoms with E-state index in [0.717, 1.165) is 11.7 Å². The van der Waals surface area contributed by atoms with Gasteiger partial charge in [-0.15, -0.1) is 5.10 Å². The van der Waals surface area contributed by atoms with Crippen LogP contribution in [0.15, 0.2) is 71.3 Å². The van der Waals surface area contributed by atoms with E-state index in [4.69, 9.17) is 9.15 Å². The molecule has 0 aliphatic carbocycles. The molecule has 34 heavy (non-hydrogen) atoms. The fraction of sp³-hybridized carbons (Fsp3) is 0.0455. The van der Waals surface area contributed by atoms with E-state index in [1.165, 1.54) is 17.0 Å². The number of anilines is 1. The van der Waals surface area contributed by atoms with E-state index in [9.17, 15) is 9.59 Å². The Kier molecular flexibility index (Phi) is 5.86. The van der Waals surface area contributed by atoms with Crippen molar-refractivity contribution in [2.75, 3.05) is 11.9 Å². The number of furan rings is 1. The lowest BCUT2D eigenvalue weighted by molar-refractivity contribution is -0.141. The first-order valence-corrected chi connectivity index (χ1v) is 10.7. The van der Waals surface area contributed by atoms with E-state index in [2.05, 4.69) is 29.6 Å². The fourth-order valence-corrected chi connectivity index (χ4v) is 3.68. The van der Waals surface area contributed by atoms with Gasteiger partial charge in [-0.1, -0.05) is 36.4 Å². The van der Waals surface area contributed by atoms with Gasteiger partial charge in [-0.2, -0.15) is 13.4 Å². The highest BCUT2D eigenvalue weighted by molar-refractivity contribution is 7.00. The molecule has 0 saturated carbocycles. The lowest BCUT2D eigenvalue weighted by Crippen LogP contribution is -2.23. The van der Waals surface area contributed by atoms with Crippen LogP contribution in [0.4, 0.5) is 5.69 Å². The molecule has 12 heteroatoms. The predicted molar refractivity (Wildman–Crippen MR) is 123 cm³/mol. The summed E-state index contributed by atoms with van der Waals surface area (Å²) >= 11 is 1.04. The Labute approximate surface area is 196 Å². The quantitative estimate of drug-likeness (QED) is 0.279. The molecular weight excluding hydrogens is 458 g/mol. The molecule has 0 radical (unpaired) electrons. The van der Waals surface area contributed by atoms with Crippen LogP contribution in [-0.4, -0.2) is 47.4 Å². The van der Waals surface area contributed by atoms with Gasteiger partial charge < -0.3 is 14.5 Å². The molecule has 0 unspecified atom stereocenters. The standard InChI is InChI=1S/C22H15N7O4S/c30-19(23-16-9-4-10-17-20(16)26-34-25-17)13-33-22(31)18(12-15-8-5-11-32-15)29-21(24-27-28-29)14-6-2-1-3-7-14/h1-12H,13H2,(H,23,30)/b18-12-. The summed E-state index contributed by atoms with van der Waals surface area (Å²) in [6, 6.07) is 17.7. The van der Waals surface area contributed by atoms with E-state index >= 15 is 0 Å². The molecule has 0 aliphatic rings. The number of hydrogen-bond donors (Lipinski definition) is 1. The first-order valence-electron chi connectivity index (χ1n) is 9.97. The number of nitrogens with one attached hydrogen (secondary N) is 1. The van der Waals surface area contributed by atoms with E-state index in [1.54, 1.807) is 42.5 Å². The normalized spacial score (nSPS) is 11.5. The molecule has 1 N–H and O–H groups in total. The molecule has 168 valence electrons. The van der Waals surface area contributed by atoms with Crippen LogP contribution in [0.2, 0.25) is 0 Å². The molecule has 11 nitrogen and oxygen atoms in total. The minimum atomic E-state index is -0.815. The van der Waals surface area contributed by atoms with Gasteiger partial charge in [0.2, 0.25) is 0 Å². The van der Waals surface area contributed by atoms with Gasteiger partial charge >= 0.3 is 5.97 Å². The lowest BCUT2D eigenvalue weighted by atomic mass is 10.2. The molecule has 3 aromatic heterocycles. The van der Waals surface area contributed by atoms with Gasteiger partial charge in [0, 0.05) is 11.6 Å². The Bertz CT molecular complexity index is 1480. The number of amides is 1. The first kappa shape index (κ1) is 21.2. The second-order valence-electron chi connectivity index (χ2n) is 6.89. The number of aromatic nitrogens is 6. The maximum Gasteiger partial charge on any atom is 0.357 e. The fourth-order valence-electron chi connectivity index (χ4n) is 3.13.